The van der Waals surface area contributed by atoms with Crippen molar-refractivity contribution in [1.29, 1.82) is 0 Å². The van der Waals surface area contributed by atoms with Crippen LogP contribution >= 0.6 is 0 Å². The molecular formula is C18H29N5O. The molecule has 0 spiro atoms. The van der Waals surface area contributed by atoms with Crippen molar-refractivity contribution >= 4 is 11.7 Å². The molecule has 1 aliphatic heterocycles. The third kappa shape index (κ3) is 4.23. The van der Waals surface area contributed by atoms with Crippen molar-refractivity contribution < 1.29 is 4.79 Å². The van der Waals surface area contributed by atoms with Gasteiger partial charge in [-0.3, -0.25) is 0 Å². The molecule has 2 heterocycles. The van der Waals surface area contributed by atoms with E-state index in [9.17, 15) is 4.79 Å². The molecule has 0 bridgehead atoms. The summed E-state index contributed by atoms with van der Waals surface area (Å²) >= 11 is 0. The van der Waals surface area contributed by atoms with E-state index < -0.39 is 0 Å². The van der Waals surface area contributed by atoms with Gasteiger partial charge in [0.25, 0.3) is 0 Å². The van der Waals surface area contributed by atoms with Crippen molar-refractivity contribution in [2.75, 3.05) is 18.4 Å². The lowest BCUT2D eigenvalue weighted by Crippen LogP contribution is -2.50. The number of hydrogen-bond acceptors (Lipinski definition) is 4. The third-order valence-corrected chi connectivity index (χ3v) is 5.04. The predicted octanol–water partition coefficient (Wildman–Crippen LogP) is 2.91. The Morgan fingerprint density at radius 2 is 1.75 bits per heavy atom. The summed E-state index contributed by atoms with van der Waals surface area (Å²) < 4.78 is 0. The quantitative estimate of drug-likeness (QED) is 0.893. The zero-order chi connectivity index (χ0) is 17.2. The first kappa shape index (κ1) is 17.1. The summed E-state index contributed by atoms with van der Waals surface area (Å²) in [5, 5.41) is 5.91. The van der Waals surface area contributed by atoms with E-state index in [1.807, 2.05) is 0 Å². The van der Waals surface area contributed by atoms with Gasteiger partial charge in [0.2, 0.25) is 0 Å². The molecule has 1 saturated carbocycles. The summed E-state index contributed by atoms with van der Waals surface area (Å²) in [6.45, 7) is 8.40. The Morgan fingerprint density at radius 3 is 2.25 bits per heavy atom. The minimum atomic E-state index is -0.163. The average Bonchev–Trinajstić information content (AvgIpc) is 2.47. The van der Waals surface area contributed by atoms with Gasteiger partial charge in [-0.05, 0) is 25.7 Å². The molecule has 0 unspecified atom stereocenters. The van der Waals surface area contributed by atoms with Gasteiger partial charge < -0.3 is 15.5 Å². The van der Waals surface area contributed by atoms with Crippen molar-refractivity contribution in [2.45, 2.75) is 70.4 Å². The second-order valence-corrected chi connectivity index (χ2v) is 8.04. The smallest absolute Gasteiger partial charge is 0.319 e. The van der Waals surface area contributed by atoms with Crippen LogP contribution in [0.3, 0.4) is 0 Å². The van der Waals surface area contributed by atoms with Gasteiger partial charge in [-0.25, -0.2) is 14.8 Å². The molecule has 2 aliphatic rings. The van der Waals surface area contributed by atoms with E-state index in [4.69, 9.17) is 0 Å². The molecule has 0 radical (unpaired) electrons. The lowest BCUT2D eigenvalue weighted by molar-refractivity contribution is 0.0942. The van der Waals surface area contributed by atoms with E-state index in [1.54, 1.807) is 12.4 Å². The molecule has 2 N–H and O–H groups in total. The highest BCUT2D eigenvalue weighted by molar-refractivity contribution is 5.89. The van der Waals surface area contributed by atoms with E-state index in [0.717, 1.165) is 37.8 Å². The third-order valence-electron chi connectivity index (χ3n) is 5.04. The molecule has 2 fully saturated rings. The van der Waals surface area contributed by atoms with Gasteiger partial charge in [-0.15, -0.1) is 0 Å². The lowest BCUT2D eigenvalue weighted by atomic mass is 9.89. The maximum atomic E-state index is 12.2. The molecule has 0 atom stereocenters. The van der Waals surface area contributed by atoms with Gasteiger partial charge in [0, 0.05) is 30.6 Å². The van der Waals surface area contributed by atoms with E-state index >= 15 is 0 Å². The number of hydrogen-bond donors (Lipinski definition) is 2. The highest BCUT2D eigenvalue weighted by Crippen LogP contribution is 2.27. The van der Waals surface area contributed by atoms with Crippen LogP contribution in [0.1, 0.15) is 58.7 Å². The average molecular weight is 331 g/mol. The van der Waals surface area contributed by atoms with Gasteiger partial charge in [0.05, 0.1) is 18.1 Å². The SMILES string of the molecule is CC(C)(C)c1ncc(NC(=O)NC2CCN(C3CCC3)CC2)cn1. The van der Waals surface area contributed by atoms with Crippen LogP contribution in [-0.4, -0.2) is 46.1 Å². The standard InChI is InChI=1S/C18H29N5O/c1-18(2,3)16-19-11-14(12-20-16)22-17(24)21-13-7-9-23(10-8-13)15-5-4-6-15/h11-13,15H,4-10H2,1-3H3,(H2,21,22,24). The number of carbonyl (C=O) groups is 1. The Kier molecular flexibility index (Phi) is 5.04. The number of piperidine rings is 1. The van der Waals surface area contributed by atoms with Gasteiger partial charge in [-0.1, -0.05) is 27.2 Å². The molecule has 3 rings (SSSR count). The number of nitrogens with zero attached hydrogens (tertiary/aromatic N) is 3. The number of amides is 2. The Balaban J connectivity index is 1.44. The molecule has 1 aliphatic carbocycles. The molecule has 0 aromatic carbocycles. The zero-order valence-corrected chi connectivity index (χ0v) is 15.0. The summed E-state index contributed by atoms with van der Waals surface area (Å²) in [6, 6.07) is 0.901. The molecular weight excluding hydrogens is 302 g/mol. The lowest BCUT2D eigenvalue weighted by Gasteiger charge is -2.41. The van der Waals surface area contributed by atoms with Crippen LogP contribution in [0.5, 0.6) is 0 Å². The van der Waals surface area contributed by atoms with Crippen molar-refractivity contribution in [3.8, 4) is 0 Å². The fourth-order valence-corrected chi connectivity index (χ4v) is 3.29. The zero-order valence-electron chi connectivity index (χ0n) is 15.0. The fraction of sp³-hybridized carbons (Fsp3) is 0.722. The van der Waals surface area contributed by atoms with Crippen LogP contribution in [0.25, 0.3) is 0 Å². The minimum absolute atomic E-state index is 0.0881. The molecule has 1 aromatic heterocycles. The van der Waals surface area contributed by atoms with Gasteiger partial charge in [0.1, 0.15) is 5.82 Å². The van der Waals surface area contributed by atoms with Gasteiger partial charge in [-0.2, -0.15) is 0 Å². The first-order valence-electron chi connectivity index (χ1n) is 9.06. The molecule has 1 aromatic rings. The van der Waals surface area contributed by atoms with Crippen LogP contribution in [0, 0.1) is 0 Å². The number of likely N-dealkylation sites (tertiary alicyclic amines) is 1. The Hall–Kier alpha value is -1.69. The van der Waals surface area contributed by atoms with E-state index in [2.05, 4.69) is 46.3 Å². The van der Waals surface area contributed by atoms with E-state index in [1.165, 1.54) is 19.3 Å². The second-order valence-electron chi connectivity index (χ2n) is 8.04. The summed E-state index contributed by atoms with van der Waals surface area (Å²) in [5.74, 6) is 0.775. The normalized spacial score (nSPS) is 20.5. The molecule has 24 heavy (non-hydrogen) atoms. The first-order chi connectivity index (χ1) is 11.4. The van der Waals surface area contributed by atoms with Crippen molar-refractivity contribution in [3.63, 3.8) is 0 Å². The highest BCUT2D eigenvalue weighted by Gasteiger charge is 2.29. The topological polar surface area (TPSA) is 70.2 Å². The number of aromatic nitrogens is 2. The summed E-state index contributed by atoms with van der Waals surface area (Å²) in [4.78, 5) is 23.4. The summed E-state index contributed by atoms with van der Waals surface area (Å²) in [6.07, 6.45) is 9.49. The van der Waals surface area contributed by atoms with Gasteiger partial charge >= 0.3 is 6.03 Å². The highest BCUT2D eigenvalue weighted by atomic mass is 16.2. The van der Waals surface area contributed by atoms with Crippen molar-refractivity contribution in [3.05, 3.63) is 18.2 Å². The Labute approximate surface area is 144 Å². The Bertz CT molecular complexity index is 554. The van der Waals surface area contributed by atoms with Crippen molar-refractivity contribution in [2.24, 2.45) is 0 Å². The number of nitrogens with one attached hydrogen (secondary N) is 2. The van der Waals surface area contributed by atoms with Crippen LogP contribution in [0.2, 0.25) is 0 Å². The molecule has 6 heteroatoms. The minimum Gasteiger partial charge on any atom is -0.335 e. The number of anilines is 1. The molecule has 1 saturated heterocycles. The summed E-state index contributed by atoms with van der Waals surface area (Å²) in [7, 11) is 0. The van der Waals surface area contributed by atoms with Crippen LogP contribution in [0.15, 0.2) is 12.4 Å². The monoisotopic (exact) mass is 331 g/mol. The maximum Gasteiger partial charge on any atom is 0.319 e. The number of carbonyl (C=O) groups excluding carboxylic acids is 1. The first-order valence-corrected chi connectivity index (χ1v) is 9.06. The second kappa shape index (κ2) is 7.05. The Morgan fingerprint density at radius 1 is 1.12 bits per heavy atom. The molecule has 2 amide bonds. The van der Waals surface area contributed by atoms with E-state index in [-0.39, 0.29) is 17.5 Å². The van der Waals surface area contributed by atoms with Crippen LogP contribution < -0.4 is 10.6 Å². The summed E-state index contributed by atoms with van der Waals surface area (Å²) in [5.41, 5.74) is 0.544. The van der Waals surface area contributed by atoms with Crippen molar-refractivity contribution in [1.82, 2.24) is 20.2 Å². The van der Waals surface area contributed by atoms with Crippen LogP contribution in [-0.2, 0) is 5.41 Å². The molecule has 6 nitrogen and oxygen atoms in total. The number of rotatable bonds is 3. The number of urea groups is 1. The fourth-order valence-electron chi connectivity index (χ4n) is 3.29. The predicted molar refractivity (Wildman–Crippen MR) is 95.1 cm³/mol. The van der Waals surface area contributed by atoms with Gasteiger partial charge in [0.15, 0.2) is 0 Å². The van der Waals surface area contributed by atoms with E-state index in [0.29, 0.717) is 5.69 Å². The molecule has 132 valence electrons. The van der Waals surface area contributed by atoms with Crippen LogP contribution in [0.4, 0.5) is 10.5 Å². The maximum absolute atomic E-state index is 12.2. The largest absolute Gasteiger partial charge is 0.335 e.